The Bertz CT molecular complexity index is 599. The third-order valence-corrected chi connectivity index (χ3v) is 2.71. The Morgan fingerprint density at radius 2 is 1.88 bits per heavy atom. The first-order valence-corrected chi connectivity index (χ1v) is 9.11. The lowest BCUT2D eigenvalue weighted by molar-refractivity contribution is 0.0225. The van der Waals surface area contributed by atoms with Crippen molar-refractivity contribution in [1.29, 1.82) is 5.26 Å². The Hall–Kier alpha value is -2.29. The molecule has 6 nitrogen and oxygen atoms in total. The number of hydrogen-bond acceptors (Lipinski definition) is 5. The van der Waals surface area contributed by atoms with Crippen molar-refractivity contribution in [3.8, 4) is 11.8 Å². The van der Waals surface area contributed by atoms with Crippen molar-refractivity contribution in [2.75, 3.05) is 13.2 Å². The fourth-order valence-corrected chi connectivity index (χ4v) is 1.88. The molecular weight excluding hydrogens is 330 g/mol. The third kappa shape index (κ3) is 8.70. The topological polar surface area (TPSA) is 75.4 Å². The van der Waals surface area contributed by atoms with E-state index in [-0.39, 0.29) is 0 Å². The number of nitrogens with zero attached hydrogens (tertiary/aromatic N) is 3. The predicted molar refractivity (Wildman–Crippen MR) is 103 cm³/mol. The highest BCUT2D eigenvalue weighted by Crippen LogP contribution is 2.26. The highest BCUT2D eigenvalue weighted by atomic mass is 16.6. The van der Waals surface area contributed by atoms with Crippen molar-refractivity contribution in [2.24, 2.45) is 5.92 Å². The summed E-state index contributed by atoms with van der Waals surface area (Å²) in [6.45, 7) is 17.0. The minimum absolute atomic E-state index is 0.324. The van der Waals surface area contributed by atoms with E-state index in [1.165, 1.54) is 6.20 Å². The molecule has 0 radical (unpaired) electrons. The molecule has 6 heteroatoms. The molecular formula is C20H33N3O3. The lowest BCUT2D eigenvalue weighted by Gasteiger charge is -2.25. The minimum Gasteiger partial charge on any atom is -0.490 e. The maximum Gasteiger partial charge on any atom is 0.410 e. The van der Waals surface area contributed by atoms with Gasteiger partial charge in [-0.3, -0.25) is 4.98 Å². The average molecular weight is 364 g/mol. The molecule has 2 rings (SSSR count). The molecule has 1 aromatic heterocycles. The third-order valence-electron chi connectivity index (χ3n) is 2.71. The molecule has 0 bridgehead atoms. The van der Waals surface area contributed by atoms with Crippen LogP contribution in [0.4, 0.5) is 4.79 Å². The highest BCUT2D eigenvalue weighted by molar-refractivity contribution is 5.68. The predicted octanol–water partition coefficient (Wildman–Crippen LogP) is 4.77. The van der Waals surface area contributed by atoms with Gasteiger partial charge < -0.3 is 14.4 Å². The maximum absolute atomic E-state index is 12.1. The zero-order valence-electron chi connectivity index (χ0n) is 17.4. The molecule has 0 saturated heterocycles. The van der Waals surface area contributed by atoms with Crippen molar-refractivity contribution in [3.05, 3.63) is 23.5 Å². The molecule has 0 unspecified atom stereocenters. The van der Waals surface area contributed by atoms with Gasteiger partial charge in [0.1, 0.15) is 29.6 Å². The summed E-state index contributed by atoms with van der Waals surface area (Å²) in [4.78, 5) is 17.6. The number of hydrogen-bond donors (Lipinski definition) is 0. The molecule has 2 heterocycles. The summed E-state index contributed by atoms with van der Waals surface area (Å²) in [6.07, 6.45) is 2.68. The van der Waals surface area contributed by atoms with Gasteiger partial charge in [-0.1, -0.05) is 34.6 Å². The van der Waals surface area contributed by atoms with E-state index in [0.29, 0.717) is 36.6 Å². The van der Waals surface area contributed by atoms with Gasteiger partial charge in [0.05, 0.1) is 13.1 Å². The number of carbonyl (C=O) groups is 1. The monoisotopic (exact) mass is 363 g/mol. The largest absolute Gasteiger partial charge is 0.490 e. The van der Waals surface area contributed by atoms with Gasteiger partial charge in [-0.15, -0.1) is 0 Å². The number of nitriles is 1. The first-order chi connectivity index (χ1) is 12.1. The van der Waals surface area contributed by atoms with Crippen LogP contribution >= 0.6 is 0 Å². The van der Waals surface area contributed by atoms with Gasteiger partial charge in [0.15, 0.2) is 0 Å². The van der Waals surface area contributed by atoms with Crippen LogP contribution in [0.15, 0.2) is 12.4 Å². The molecule has 1 amide bonds. The van der Waals surface area contributed by atoms with Gasteiger partial charge in [0.2, 0.25) is 0 Å². The summed E-state index contributed by atoms with van der Waals surface area (Å²) in [5.74, 6) is 1.34. The Kier molecular flexibility index (Phi) is 10.3. The van der Waals surface area contributed by atoms with Crippen molar-refractivity contribution in [1.82, 2.24) is 9.88 Å². The molecule has 1 aromatic rings. The number of ether oxygens (including phenoxy) is 2. The summed E-state index contributed by atoms with van der Waals surface area (Å²) >= 11 is 0. The summed E-state index contributed by atoms with van der Waals surface area (Å²) in [5, 5.41) is 9.04. The van der Waals surface area contributed by atoms with Crippen LogP contribution in [0.2, 0.25) is 0 Å². The first-order valence-electron chi connectivity index (χ1n) is 9.11. The van der Waals surface area contributed by atoms with E-state index in [1.807, 2.05) is 40.7 Å². The second-order valence-electron chi connectivity index (χ2n) is 7.27. The van der Waals surface area contributed by atoms with E-state index in [4.69, 9.17) is 14.7 Å². The number of amides is 1. The van der Waals surface area contributed by atoms with Crippen LogP contribution in [0.5, 0.6) is 5.75 Å². The van der Waals surface area contributed by atoms with E-state index in [0.717, 1.165) is 5.92 Å². The zero-order chi connectivity index (χ0) is 20.3. The van der Waals surface area contributed by atoms with Crippen LogP contribution in [0.25, 0.3) is 0 Å². The van der Waals surface area contributed by atoms with Crippen LogP contribution in [0.1, 0.15) is 66.5 Å². The molecule has 1 aliphatic heterocycles. The minimum atomic E-state index is -0.542. The molecule has 26 heavy (non-hydrogen) atoms. The maximum atomic E-state index is 12.1. The molecule has 0 aromatic carbocycles. The molecule has 0 aliphatic carbocycles. The first kappa shape index (κ1) is 23.7. The summed E-state index contributed by atoms with van der Waals surface area (Å²) in [5.41, 5.74) is 0.556. The highest BCUT2D eigenvalue weighted by Gasteiger charge is 2.26. The summed E-state index contributed by atoms with van der Waals surface area (Å²) < 4.78 is 10.9. The van der Waals surface area contributed by atoms with Crippen LogP contribution < -0.4 is 4.74 Å². The summed E-state index contributed by atoms with van der Waals surface area (Å²) in [7, 11) is 0. The van der Waals surface area contributed by atoms with E-state index in [1.54, 1.807) is 11.1 Å². The standard InChI is InChI=1S/C14H17N3O3.C4H10.C2H6/c1-14(2,3)20-13(18)17-4-5-19-12-10(6-15)7-16-8-11(12)9-17;1-4(2)3;1-2/h7-8H,4-5,9H2,1-3H3;4H,1-3H3;1-2H3. The van der Waals surface area contributed by atoms with Crippen molar-refractivity contribution >= 4 is 6.09 Å². The van der Waals surface area contributed by atoms with Crippen molar-refractivity contribution < 1.29 is 14.3 Å². The lowest BCUT2D eigenvalue weighted by Crippen LogP contribution is -2.37. The molecule has 1 aliphatic rings. The van der Waals surface area contributed by atoms with Gasteiger partial charge in [-0.25, -0.2) is 4.79 Å². The fraction of sp³-hybridized carbons (Fsp3) is 0.650. The molecule has 0 N–H and O–H groups in total. The van der Waals surface area contributed by atoms with Crippen LogP contribution in [0.3, 0.4) is 0 Å². The average Bonchev–Trinajstić information content (AvgIpc) is 2.77. The Morgan fingerprint density at radius 3 is 2.38 bits per heavy atom. The number of rotatable bonds is 0. The second-order valence-corrected chi connectivity index (χ2v) is 7.27. The van der Waals surface area contributed by atoms with Crippen LogP contribution in [0, 0.1) is 17.2 Å². The molecule has 0 spiro atoms. The molecule has 146 valence electrons. The van der Waals surface area contributed by atoms with Crippen molar-refractivity contribution in [2.45, 2.75) is 67.5 Å². The lowest BCUT2D eigenvalue weighted by atomic mass is 10.2. The van der Waals surface area contributed by atoms with Gasteiger partial charge in [-0.2, -0.15) is 5.26 Å². The number of aromatic nitrogens is 1. The molecule has 0 fully saturated rings. The van der Waals surface area contributed by atoms with Gasteiger partial charge >= 0.3 is 6.09 Å². The van der Waals surface area contributed by atoms with E-state index in [9.17, 15) is 4.79 Å². The SMILES string of the molecule is CC.CC(C)(C)OC(=O)N1CCOc2c(C#N)cncc2C1.CC(C)C. The van der Waals surface area contributed by atoms with E-state index < -0.39 is 11.7 Å². The number of fused-ring (bicyclic) bond motifs is 1. The van der Waals surface area contributed by atoms with Crippen LogP contribution in [-0.2, 0) is 11.3 Å². The zero-order valence-corrected chi connectivity index (χ0v) is 17.4. The smallest absolute Gasteiger partial charge is 0.410 e. The fourth-order valence-electron chi connectivity index (χ4n) is 1.88. The molecule has 0 atom stereocenters. The second kappa shape index (κ2) is 11.3. The quantitative estimate of drug-likeness (QED) is 0.663. The van der Waals surface area contributed by atoms with E-state index in [2.05, 4.69) is 25.8 Å². The van der Waals surface area contributed by atoms with E-state index >= 15 is 0 Å². The van der Waals surface area contributed by atoms with Gasteiger partial charge in [0, 0.05) is 18.0 Å². The Morgan fingerprint density at radius 1 is 1.31 bits per heavy atom. The summed E-state index contributed by atoms with van der Waals surface area (Å²) in [6, 6.07) is 2.04. The normalized spacial score (nSPS) is 12.8. The number of pyridine rings is 1. The van der Waals surface area contributed by atoms with Gasteiger partial charge in [0.25, 0.3) is 0 Å². The Balaban J connectivity index is 0.000000920. The van der Waals surface area contributed by atoms with Gasteiger partial charge in [-0.05, 0) is 26.7 Å². The Labute approximate surface area is 158 Å². The number of carbonyl (C=O) groups excluding carboxylic acids is 1. The van der Waals surface area contributed by atoms with Crippen molar-refractivity contribution in [3.63, 3.8) is 0 Å². The molecule has 0 saturated carbocycles. The van der Waals surface area contributed by atoms with Crippen LogP contribution in [-0.4, -0.2) is 34.7 Å².